The summed E-state index contributed by atoms with van der Waals surface area (Å²) in [5.74, 6) is 2.14. The predicted octanol–water partition coefficient (Wildman–Crippen LogP) is 1.38. The number of hydrogen-bond acceptors (Lipinski definition) is 4. The lowest BCUT2D eigenvalue weighted by atomic mass is 10.0. The van der Waals surface area contributed by atoms with E-state index in [1.807, 2.05) is 31.0 Å². The van der Waals surface area contributed by atoms with Crippen LogP contribution in [0.15, 0.2) is 24.5 Å². The first-order valence-electron chi connectivity index (χ1n) is 7.66. The molecule has 1 aliphatic rings. The lowest BCUT2D eigenvalue weighted by Crippen LogP contribution is -2.32. The molecule has 3 heterocycles. The van der Waals surface area contributed by atoms with Crippen LogP contribution in [-0.4, -0.2) is 43.6 Å². The van der Waals surface area contributed by atoms with E-state index in [9.17, 15) is 4.79 Å². The highest BCUT2D eigenvalue weighted by molar-refractivity contribution is 5.76. The fraction of sp³-hybridized carbons (Fsp3) is 0.500. The Labute approximate surface area is 130 Å². The molecule has 1 amide bonds. The van der Waals surface area contributed by atoms with E-state index in [0.29, 0.717) is 11.7 Å². The molecule has 3 rings (SSSR count). The largest absolute Gasteiger partial charge is 0.341 e. The molecule has 0 aromatic carbocycles. The van der Waals surface area contributed by atoms with Crippen LogP contribution in [0.25, 0.3) is 0 Å². The number of pyridine rings is 1. The highest BCUT2D eigenvalue weighted by atomic mass is 16.2. The SMILES string of the molecule is Cc1nc(C)n(CC(=O)N2CCC(Cc3cccnc3)C2)n1. The van der Waals surface area contributed by atoms with Gasteiger partial charge in [0.1, 0.15) is 18.2 Å². The Morgan fingerprint density at radius 3 is 2.95 bits per heavy atom. The third-order valence-corrected chi connectivity index (χ3v) is 4.13. The summed E-state index contributed by atoms with van der Waals surface area (Å²) >= 11 is 0. The fourth-order valence-corrected chi connectivity index (χ4v) is 3.02. The van der Waals surface area contributed by atoms with Gasteiger partial charge in [-0.2, -0.15) is 5.10 Å². The van der Waals surface area contributed by atoms with Crippen LogP contribution >= 0.6 is 0 Å². The molecule has 2 aromatic heterocycles. The molecule has 1 aliphatic heterocycles. The van der Waals surface area contributed by atoms with Crippen molar-refractivity contribution in [3.8, 4) is 0 Å². The topological polar surface area (TPSA) is 63.9 Å². The summed E-state index contributed by atoms with van der Waals surface area (Å²) in [6, 6.07) is 4.06. The second kappa shape index (κ2) is 6.25. The van der Waals surface area contributed by atoms with Gasteiger partial charge in [0.25, 0.3) is 0 Å². The van der Waals surface area contributed by atoms with Gasteiger partial charge in [0.15, 0.2) is 0 Å². The molecule has 0 spiro atoms. The van der Waals surface area contributed by atoms with Crippen molar-refractivity contribution in [2.75, 3.05) is 13.1 Å². The average molecular weight is 299 g/mol. The molecule has 22 heavy (non-hydrogen) atoms. The predicted molar refractivity (Wildman–Crippen MR) is 82.1 cm³/mol. The number of carbonyl (C=O) groups excluding carboxylic acids is 1. The standard InChI is InChI=1S/C16H21N5O/c1-12-18-13(2)21(19-12)11-16(22)20-7-5-15(10-20)8-14-4-3-6-17-9-14/h3-4,6,9,15H,5,7-8,10-11H2,1-2H3. The van der Waals surface area contributed by atoms with Crippen molar-refractivity contribution in [1.29, 1.82) is 0 Å². The molecule has 6 nitrogen and oxygen atoms in total. The quantitative estimate of drug-likeness (QED) is 0.855. The molecule has 0 radical (unpaired) electrons. The van der Waals surface area contributed by atoms with E-state index in [0.717, 1.165) is 31.8 Å². The third kappa shape index (κ3) is 3.32. The van der Waals surface area contributed by atoms with Gasteiger partial charge < -0.3 is 4.90 Å². The van der Waals surface area contributed by atoms with Crippen LogP contribution in [0.4, 0.5) is 0 Å². The maximum atomic E-state index is 12.4. The van der Waals surface area contributed by atoms with Crippen molar-refractivity contribution in [1.82, 2.24) is 24.6 Å². The smallest absolute Gasteiger partial charge is 0.244 e. The maximum Gasteiger partial charge on any atom is 0.244 e. The molecule has 0 N–H and O–H groups in total. The Kier molecular flexibility index (Phi) is 4.18. The minimum absolute atomic E-state index is 0.127. The van der Waals surface area contributed by atoms with E-state index in [4.69, 9.17) is 0 Å². The summed E-state index contributed by atoms with van der Waals surface area (Å²) in [6.07, 6.45) is 5.73. The van der Waals surface area contributed by atoms with Crippen LogP contribution in [0.2, 0.25) is 0 Å². The average Bonchev–Trinajstić information content (AvgIpc) is 3.07. The van der Waals surface area contributed by atoms with Crippen LogP contribution in [0, 0.1) is 19.8 Å². The molecule has 1 atom stereocenters. The van der Waals surface area contributed by atoms with E-state index in [1.54, 1.807) is 10.9 Å². The highest BCUT2D eigenvalue weighted by Crippen LogP contribution is 2.20. The summed E-state index contributed by atoms with van der Waals surface area (Å²) in [5.41, 5.74) is 1.24. The van der Waals surface area contributed by atoms with Gasteiger partial charge in [-0.15, -0.1) is 0 Å². The van der Waals surface area contributed by atoms with Gasteiger partial charge >= 0.3 is 0 Å². The van der Waals surface area contributed by atoms with Gasteiger partial charge in [0.2, 0.25) is 5.91 Å². The minimum atomic E-state index is 0.127. The van der Waals surface area contributed by atoms with Crippen LogP contribution in [0.3, 0.4) is 0 Å². The van der Waals surface area contributed by atoms with Crippen LogP contribution in [-0.2, 0) is 17.8 Å². The van der Waals surface area contributed by atoms with Gasteiger partial charge in [-0.05, 0) is 44.2 Å². The second-order valence-corrected chi connectivity index (χ2v) is 5.92. The molecule has 1 unspecified atom stereocenters. The number of carbonyl (C=O) groups is 1. The summed E-state index contributed by atoms with van der Waals surface area (Å²) in [4.78, 5) is 22.7. The number of aromatic nitrogens is 4. The summed E-state index contributed by atoms with van der Waals surface area (Å²) in [7, 11) is 0. The molecule has 6 heteroatoms. The van der Waals surface area contributed by atoms with Crippen molar-refractivity contribution >= 4 is 5.91 Å². The monoisotopic (exact) mass is 299 g/mol. The molecule has 1 fully saturated rings. The number of amides is 1. The van der Waals surface area contributed by atoms with Gasteiger partial charge in [0.05, 0.1) is 0 Å². The van der Waals surface area contributed by atoms with Crippen LogP contribution in [0.1, 0.15) is 23.6 Å². The van der Waals surface area contributed by atoms with Crippen molar-refractivity contribution in [2.45, 2.75) is 33.2 Å². The van der Waals surface area contributed by atoms with Gasteiger partial charge in [-0.25, -0.2) is 9.67 Å². The molecular formula is C16H21N5O. The molecule has 0 aliphatic carbocycles. The molecule has 1 saturated heterocycles. The number of nitrogens with zero attached hydrogens (tertiary/aromatic N) is 5. The molecule has 116 valence electrons. The summed E-state index contributed by atoms with van der Waals surface area (Å²) < 4.78 is 1.69. The first-order chi connectivity index (χ1) is 10.6. The van der Waals surface area contributed by atoms with Crippen molar-refractivity contribution < 1.29 is 4.79 Å². The Balaban J connectivity index is 1.56. The fourth-order valence-electron chi connectivity index (χ4n) is 3.02. The number of likely N-dealkylation sites (tertiary alicyclic amines) is 1. The number of hydrogen-bond donors (Lipinski definition) is 0. The zero-order chi connectivity index (χ0) is 15.5. The zero-order valence-corrected chi connectivity index (χ0v) is 13.1. The maximum absolute atomic E-state index is 12.4. The summed E-state index contributed by atoms with van der Waals surface area (Å²) in [5, 5.41) is 4.26. The van der Waals surface area contributed by atoms with Crippen LogP contribution in [0.5, 0.6) is 0 Å². The first kappa shape index (κ1) is 14.7. The van der Waals surface area contributed by atoms with E-state index >= 15 is 0 Å². The Morgan fingerprint density at radius 2 is 2.27 bits per heavy atom. The Bertz CT molecular complexity index is 652. The lowest BCUT2D eigenvalue weighted by molar-refractivity contribution is -0.131. The number of rotatable bonds is 4. The second-order valence-electron chi connectivity index (χ2n) is 5.92. The van der Waals surface area contributed by atoms with Crippen LogP contribution < -0.4 is 0 Å². The Morgan fingerprint density at radius 1 is 1.41 bits per heavy atom. The van der Waals surface area contributed by atoms with Crippen molar-refractivity contribution in [3.05, 3.63) is 41.7 Å². The highest BCUT2D eigenvalue weighted by Gasteiger charge is 2.26. The van der Waals surface area contributed by atoms with Gasteiger partial charge in [-0.3, -0.25) is 9.78 Å². The molecular weight excluding hydrogens is 278 g/mol. The van der Waals surface area contributed by atoms with E-state index in [1.165, 1.54) is 5.56 Å². The van der Waals surface area contributed by atoms with Gasteiger partial charge in [-0.1, -0.05) is 6.07 Å². The minimum Gasteiger partial charge on any atom is -0.341 e. The van der Waals surface area contributed by atoms with Gasteiger partial charge in [0, 0.05) is 25.5 Å². The zero-order valence-electron chi connectivity index (χ0n) is 13.1. The third-order valence-electron chi connectivity index (χ3n) is 4.13. The normalized spacial score (nSPS) is 17.9. The number of aryl methyl sites for hydroxylation is 2. The Hall–Kier alpha value is -2.24. The lowest BCUT2D eigenvalue weighted by Gasteiger charge is -2.17. The molecule has 2 aromatic rings. The first-order valence-corrected chi connectivity index (χ1v) is 7.66. The van der Waals surface area contributed by atoms with E-state index < -0.39 is 0 Å². The van der Waals surface area contributed by atoms with E-state index in [2.05, 4.69) is 21.1 Å². The van der Waals surface area contributed by atoms with Crippen molar-refractivity contribution in [2.24, 2.45) is 5.92 Å². The molecule has 0 saturated carbocycles. The summed E-state index contributed by atoms with van der Waals surface area (Å²) in [6.45, 7) is 5.65. The molecule has 0 bridgehead atoms. The van der Waals surface area contributed by atoms with E-state index in [-0.39, 0.29) is 12.5 Å². The van der Waals surface area contributed by atoms with Crippen molar-refractivity contribution in [3.63, 3.8) is 0 Å².